The molecule has 0 spiro atoms. The van der Waals surface area contributed by atoms with E-state index in [2.05, 4.69) is 22.3 Å². The van der Waals surface area contributed by atoms with Gasteiger partial charge in [0.25, 0.3) is 12.5 Å². The molecular formula is C30H53N4O10+. The van der Waals surface area contributed by atoms with E-state index in [-0.39, 0.29) is 12.3 Å². The van der Waals surface area contributed by atoms with E-state index in [0.717, 1.165) is 19.3 Å². The lowest BCUT2D eigenvalue weighted by Crippen LogP contribution is -2.72. The molecule has 0 bridgehead atoms. The van der Waals surface area contributed by atoms with Crippen LogP contribution >= 0.6 is 0 Å². The maximum atomic E-state index is 13.5. The van der Waals surface area contributed by atoms with E-state index in [0.29, 0.717) is 6.42 Å². The summed E-state index contributed by atoms with van der Waals surface area (Å²) in [5, 5.41) is 58.8. The number of carbonyl (C=O) groups is 2. The summed E-state index contributed by atoms with van der Waals surface area (Å²) in [5.74, 6) is -0.492. The number of aliphatic hydroxyl groups excluding tert-OH is 5. The third kappa shape index (κ3) is 8.81. The molecule has 3 aliphatic heterocycles. The Bertz CT molecular complexity index is 968. The third-order valence-electron chi connectivity index (χ3n) is 8.71. The van der Waals surface area contributed by atoms with Crippen LogP contribution in [0, 0.1) is 0 Å². The Morgan fingerprint density at radius 3 is 1.89 bits per heavy atom. The van der Waals surface area contributed by atoms with Crippen molar-refractivity contribution < 1.29 is 53.9 Å². The van der Waals surface area contributed by atoms with E-state index in [4.69, 9.17) is 14.2 Å². The molecule has 9 atom stereocenters. The van der Waals surface area contributed by atoms with Crippen LogP contribution in [0.15, 0.2) is 10.1 Å². The summed E-state index contributed by atoms with van der Waals surface area (Å²) in [4.78, 5) is 30.1. The molecule has 0 aromatic rings. The smallest absolute Gasteiger partial charge is 0.453 e. The zero-order chi connectivity index (χ0) is 32.1. The van der Waals surface area contributed by atoms with Crippen LogP contribution in [0.25, 0.3) is 0 Å². The highest BCUT2D eigenvalue weighted by Crippen LogP contribution is 2.40. The number of esters is 1. The van der Waals surface area contributed by atoms with Crippen LogP contribution in [0.3, 0.4) is 0 Å². The van der Waals surface area contributed by atoms with Gasteiger partial charge in [-0.1, -0.05) is 93.7 Å². The van der Waals surface area contributed by atoms with E-state index in [1.807, 2.05) is 0 Å². The van der Waals surface area contributed by atoms with E-state index in [1.54, 1.807) is 0 Å². The Morgan fingerprint density at radius 2 is 1.39 bits per heavy atom. The molecule has 2 fully saturated rings. The molecule has 2 amide bonds. The van der Waals surface area contributed by atoms with E-state index >= 15 is 0 Å². The quantitative estimate of drug-likeness (QED) is 0.0690. The first-order valence-electron chi connectivity index (χ1n) is 16.2. The molecule has 14 nitrogen and oxygen atoms in total. The molecule has 14 heteroatoms. The fourth-order valence-electron chi connectivity index (χ4n) is 6.10. The normalized spacial score (nSPS) is 34.5. The Morgan fingerprint density at radius 1 is 0.864 bits per heavy atom. The van der Waals surface area contributed by atoms with Gasteiger partial charge in [0.15, 0.2) is 24.1 Å². The van der Waals surface area contributed by atoms with Crippen molar-refractivity contribution in [2.75, 3.05) is 20.3 Å². The van der Waals surface area contributed by atoms with Crippen molar-refractivity contribution in [2.45, 2.75) is 146 Å². The molecule has 2 saturated heterocycles. The van der Waals surface area contributed by atoms with Gasteiger partial charge in [0.1, 0.15) is 24.5 Å². The number of carbonyl (C=O) groups excluding carboxylic acids is 2. The van der Waals surface area contributed by atoms with Crippen LogP contribution < -0.4 is 5.32 Å². The van der Waals surface area contributed by atoms with E-state index < -0.39 is 78.9 Å². The highest BCUT2D eigenvalue weighted by Gasteiger charge is 2.69. The van der Waals surface area contributed by atoms with Crippen LogP contribution in [0.1, 0.15) is 96.8 Å². The van der Waals surface area contributed by atoms with Gasteiger partial charge in [-0.25, -0.2) is 4.79 Å². The summed E-state index contributed by atoms with van der Waals surface area (Å²) in [6.07, 6.45) is 4.51. The summed E-state index contributed by atoms with van der Waals surface area (Å²) in [7, 11) is 1.42. The number of aliphatic imine (C=N–C) groups is 1. The first-order valence-corrected chi connectivity index (χ1v) is 16.2. The lowest BCUT2D eigenvalue weighted by molar-refractivity contribution is -0.952. The second-order valence-corrected chi connectivity index (χ2v) is 11.9. The maximum absolute atomic E-state index is 13.5. The lowest BCUT2D eigenvalue weighted by atomic mass is 10.0. The number of amides is 2. The van der Waals surface area contributed by atoms with Gasteiger partial charge in [-0.2, -0.15) is 0 Å². The van der Waals surface area contributed by atoms with Crippen molar-refractivity contribution in [1.82, 2.24) is 5.32 Å². The fourth-order valence-corrected chi connectivity index (χ4v) is 6.10. The molecule has 252 valence electrons. The van der Waals surface area contributed by atoms with Gasteiger partial charge in [-0.05, 0) is 6.42 Å². The summed E-state index contributed by atoms with van der Waals surface area (Å²) < 4.78 is 15.8. The number of urea groups is 1. The lowest BCUT2D eigenvalue weighted by Gasteiger charge is -2.40. The maximum Gasteiger partial charge on any atom is 0.453 e. The summed E-state index contributed by atoms with van der Waals surface area (Å²) in [6, 6.07) is -0.914. The molecular weight excluding hydrogens is 576 g/mol. The van der Waals surface area contributed by atoms with Gasteiger partial charge in [0.05, 0.1) is 13.2 Å². The first-order chi connectivity index (χ1) is 21.2. The topological polar surface area (TPSA) is 200 Å². The number of hydrogen-bond acceptors (Lipinski definition) is 12. The minimum atomic E-state index is -1.71. The average Bonchev–Trinajstić information content (AvgIpc) is 3.50. The Hall–Kier alpha value is -2.04. The van der Waals surface area contributed by atoms with Crippen molar-refractivity contribution in [3.05, 3.63) is 0 Å². The third-order valence-corrected chi connectivity index (χ3v) is 8.71. The van der Waals surface area contributed by atoms with Crippen molar-refractivity contribution in [3.8, 4) is 0 Å². The highest BCUT2D eigenvalue weighted by atomic mass is 16.6. The largest absolute Gasteiger partial charge is 0.456 e. The minimum Gasteiger partial charge on any atom is -0.456 e. The van der Waals surface area contributed by atoms with Crippen LogP contribution in [-0.4, -0.2) is 124 Å². The highest BCUT2D eigenvalue weighted by molar-refractivity contribution is 6.33. The van der Waals surface area contributed by atoms with Crippen molar-refractivity contribution >= 4 is 24.1 Å². The second kappa shape index (κ2) is 18.2. The van der Waals surface area contributed by atoms with Crippen LogP contribution in [-0.2, 0) is 19.0 Å². The fraction of sp³-hybridized carbons (Fsp3) is 0.867. The molecule has 6 N–H and O–H groups in total. The van der Waals surface area contributed by atoms with Gasteiger partial charge < -0.3 is 39.7 Å². The Labute approximate surface area is 259 Å². The molecule has 0 aromatic heterocycles. The van der Waals surface area contributed by atoms with Gasteiger partial charge in [-0.15, -0.1) is 0 Å². The van der Waals surface area contributed by atoms with Gasteiger partial charge in [0.2, 0.25) is 0 Å². The minimum absolute atomic E-state index is 0.0856. The SMILES string of the molecule is CCCCCCCCCCCCCCCC(=O)O[C@H]1[C@H](O)[C@H]([N+]2([C@@H]3O[C@H](CO)[C@@H](O)[C@H]3O)N=CC(=NC)NC2=O)O[C@@H]1CO. The molecule has 44 heavy (non-hydrogen) atoms. The molecule has 0 aliphatic carbocycles. The number of rotatable bonds is 19. The van der Waals surface area contributed by atoms with Gasteiger partial charge in [0, 0.05) is 13.5 Å². The number of quaternary nitrogens is 1. The second-order valence-electron chi connectivity index (χ2n) is 11.9. The number of nitrogens with zero attached hydrogens (tertiary/aromatic N) is 3. The van der Waals surface area contributed by atoms with E-state index in [1.165, 1.54) is 71.0 Å². The van der Waals surface area contributed by atoms with E-state index in [9.17, 15) is 35.1 Å². The summed E-state index contributed by atoms with van der Waals surface area (Å²) in [5.41, 5.74) is 0. The molecule has 0 aromatic carbocycles. The standard InChI is InChI=1S/C30H52N4O10/c1-3-4-5-6-7-8-9-10-11-12-13-14-15-16-23(37)44-27-21(19-36)43-29(26(27)40)34(30(41)33-22(31-2)17-32-34)28-25(39)24(38)20(18-35)42-28/h17,20-21,24-29,35-36,38-40H,3-16,18-19H2,1-2H3/p+1/t20-,21-,24-,25-,26+,27-,28-,29-,34?/m1/s1. The molecule has 0 saturated carbocycles. The van der Waals surface area contributed by atoms with Crippen LogP contribution in [0.2, 0.25) is 0 Å². The number of hydrogen-bond donors (Lipinski definition) is 6. The predicted octanol–water partition coefficient (Wildman–Crippen LogP) is 1.45. The average molecular weight is 630 g/mol. The molecule has 3 aliphatic rings. The molecule has 3 rings (SSSR count). The van der Waals surface area contributed by atoms with Gasteiger partial charge >= 0.3 is 12.0 Å². The van der Waals surface area contributed by atoms with Crippen molar-refractivity contribution in [1.29, 1.82) is 0 Å². The molecule has 1 unspecified atom stereocenters. The number of amidine groups is 1. The molecule has 0 radical (unpaired) electrons. The number of ether oxygens (including phenoxy) is 3. The predicted molar refractivity (Wildman–Crippen MR) is 160 cm³/mol. The summed E-state index contributed by atoms with van der Waals surface area (Å²) >= 11 is 0. The first kappa shape index (κ1) is 36.4. The number of aliphatic hydroxyl groups is 5. The monoisotopic (exact) mass is 629 g/mol. The van der Waals surface area contributed by atoms with Crippen LogP contribution in [0.4, 0.5) is 4.79 Å². The zero-order valence-electron chi connectivity index (χ0n) is 26.1. The summed E-state index contributed by atoms with van der Waals surface area (Å²) in [6.45, 7) is 0.923. The zero-order valence-corrected chi connectivity index (χ0v) is 26.1. The van der Waals surface area contributed by atoms with Crippen LogP contribution in [0.5, 0.6) is 0 Å². The van der Waals surface area contributed by atoms with Crippen molar-refractivity contribution in [3.63, 3.8) is 0 Å². The number of nitrogens with one attached hydrogen (secondary N) is 1. The number of unbranched alkanes of at least 4 members (excludes halogenated alkanes) is 12. The Kier molecular flexibility index (Phi) is 15.1. The molecule has 3 heterocycles. The van der Waals surface area contributed by atoms with Crippen molar-refractivity contribution in [2.24, 2.45) is 10.1 Å². The Balaban J connectivity index is 1.53. The van der Waals surface area contributed by atoms with Gasteiger partial charge in [-0.3, -0.25) is 15.1 Å².